The summed E-state index contributed by atoms with van der Waals surface area (Å²) in [6, 6.07) is 0.484. The molecule has 1 heterocycles. The lowest BCUT2D eigenvalue weighted by Crippen LogP contribution is -2.48. The largest absolute Gasteiger partial charge is 0.299 e. The molecule has 0 bridgehead atoms. The second-order valence-corrected chi connectivity index (χ2v) is 6.50. The van der Waals surface area contributed by atoms with Crippen molar-refractivity contribution in [1.82, 2.24) is 9.62 Å². The fourth-order valence-electron chi connectivity index (χ4n) is 1.97. The Morgan fingerprint density at radius 2 is 2.00 bits per heavy atom. The minimum Gasteiger partial charge on any atom is -0.299 e. The van der Waals surface area contributed by atoms with Gasteiger partial charge in [-0.1, -0.05) is 0 Å². The van der Waals surface area contributed by atoms with E-state index in [1.165, 1.54) is 6.26 Å². The highest BCUT2D eigenvalue weighted by Crippen LogP contribution is 2.22. The molecule has 1 rings (SSSR count). The third kappa shape index (κ3) is 3.22. The average molecular weight is 220 g/mol. The zero-order chi connectivity index (χ0) is 11.0. The summed E-state index contributed by atoms with van der Waals surface area (Å²) in [6.07, 6.45) is 2.11. The molecule has 14 heavy (non-hydrogen) atoms. The van der Waals surface area contributed by atoms with Crippen molar-refractivity contribution in [3.8, 4) is 0 Å². The summed E-state index contributed by atoms with van der Waals surface area (Å²) in [7, 11) is -3.09. The summed E-state index contributed by atoms with van der Waals surface area (Å²) in [4.78, 5) is 2.29. The van der Waals surface area contributed by atoms with E-state index in [0.29, 0.717) is 6.04 Å². The third-order valence-electron chi connectivity index (χ3n) is 2.66. The highest BCUT2D eigenvalue weighted by molar-refractivity contribution is 7.88. The first-order valence-electron chi connectivity index (χ1n) is 4.95. The maximum absolute atomic E-state index is 11.1. The van der Waals surface area contributed by atoms with Crippen molar-refractivity contribution in [1.29, 1.82) is 0 Å². The van der Waals surface area contributed by atoms with Crippen LogP contribution in [-0.2, 0) is 10.0 Å². The fourth-order valence-corrected chi connectivity index (χ4v) is 3.03. The summed E-state index contributed by atoms with van der Waals surface area (Å²) in [6.45, 7) is 8.00. The van der Waals surface area contributed by atoms with E-state index in [4.69, 9.17) is 0 Å². The van der Waals surface area contributed by atoms with Crippen molar-refractivity contribution in [2.45, 2.75) is 38.8 Å². The highest BCUT2D eigenvalue weighted by atomic mass is 32.2. The second-order valence-electron chi connectivity index (χ2n) is 4.75. The van der Waals surface area contributed by atoms with Crippen molar-refractivity contribution < 1.29 is 8.42 Å². The van der Waals surface area contributed by atoms with Crippen LogP contribution in [0.25, 0.3) is 0 Å². The number of nitrogens with zero attached hydrogens (tertiary/aromatic N) is 1. The van der Waals surface area contributed by atoms with Crippen molar-refractivity contribution in [2.24, 2.45) is 0 Å². The Morgan fingerprint density at radius 3 is 2.36 bits per heavy atom. The molecule has 1 fully saturated rings. The number of nitrogens with one attached hydrogen (secondary N) is 1. The Kier molecular flexibility index (Phi) is 3.23. The first-order valence-corrected chi connectivity index (χ1v) is 6.84. The lowest BCUT2D eigenvalue weighted by molar-refractivity contribution is 0.256. The van der Waals surface area contributed by atoms with Crippen LogP contribution in [0.2, 0.25) is 0 Å². The molecular formula is C9H20N2O2S. The molecule has 1 atom stereocenters. The molecule has 0 aromatic rings. The van der Waals surface area contributed by atoms with Crippen molar-refractivity contribution in [3.63, 3.8) is 0 Å². The Labute approximate surface area is 86.7 Å². The summed E-state index contributed by atoms with van der Waals surface area (Å²) < 4.78 is 25.0. The van der Waals surface area contributed by atoms with Gasteiger partial charge in [0.05, 0.1) is 6.26 Å². The van der Waals surface area contributed by atoms with Crippen LogP contribution in [0.4, 0.5) is 0 Å². The molecule has 1 N–H and O–H groups in total. The fraction of sp³-hybridized carbons (Fsp3) is 1.00. The molecule has 1 saturated heterocycles. The van der Waals surface area contributed by atoms with Gasteiger partial charge in [0, 0.05) is 24.7 Å². The van der Waals surface area contributed by atoms with E-state index in [9.17, 15) is 8.42 Å². The normalized spacial score (nSPS) is 30.1. The maximum atomic E-state index is 11.1. The van der Waals surface area contributed by atoms with E-state index in [2.05, 4.69) is 23.5 Å². The number of likely N-dealkylation sites (tertiary alicyclic amines) is 1. The molecular weight excluding hydrogens is 200 g/mol. The van der Waals surface area contributed by atoms with E-state index in [1.54, 1.807) is 0 Å². The first kappa shape index (κ1) is 11.9. The van der Waals surface area contributed by atoms with Crippen molar-refractivity contribution in [2.75, 3.05) is 19.3 Å². The van der Waals surface area contributed by atoms with Gasteiger partial charge in [0.25, 0.3) is 0 Å². The third-order valence-corrected chi connectivity index (χ3v) is 3.53. The minimum absolute atomic E-state index is 0.280. The Bertz CT molecular complexity index is 300. The molecule has 1 unspecified atom stereocenters. The minimum atomic E-state index is -3.09. The molecule has 5 heteroatoms. The Hall–Kier alpha value is -0.130. The van der Waals surface area contributed by atoms with Crippen LogP contribution < -0.4 is 4.72 Å². The predicted molar refractivity (Wildman–Crippen MR) is 57.7 cm³/mol. The number of sulfonamides is 1. The monoisotopic (exact) mass is 220 g/mol. The molecule has 0 spiro atoms. The van der Waals surface area contributed by atoms with Gasteiger partial charge in [0.1, 0.15) is 0 Å². The molecule has 1 aliphatic rings. The van der Waals surface area contributed by atoms with Gasteiger partial charge in [-0.15, -0.1) is 0 Å². The van der Waals surface area contributed by atoms with E-state index >= 15 is 0 Å². The van der Waals surface area contributed by atoms with Crippen LogP contribution in [-0.4, -0.2) is 44.2 Å². The quantitative estimate of drug-likeness (QED) is 0.749. The van der Waals surface area contributed by atoms with E-state index in [-0.39, 0.29) is 5.54 Å². The van der Waals surface area contributed by atoms with Gasteiger partial charge in [-0.3, -0.25) is 4.90 Å². The highest BCUT2D eigenvalue weighted by Gasteiger charge is 2.36. The molecule has 84 valence electrons. The van der Waals surface area contributed by atoms with Gasteiger partial charge in [0.15, 0.2) is 0 Å². The standard InChI is InChI=1S/C9H20N2O2S/c1-8(2)11-6-5-9(3,7-11)10-14(4,12)13/h8,10H,5-7H2,1-4H3. The van der Waals surface area contributed by atoms with Gasteiger partial charge in [-0.05, 0) is 27.2 Å². The van der Waals surface area contributed by atoms with E-state index in [0.717, 1.165) is 19.5 Å². The van der Waals surface area contributed by atoms with Crippen LogP contribution in [0.15, 0.2) is 0 Å². The molecule has 0 saturated carbocycles. The lowest BCUT2D eigenvalue weighted by Gasteiger charge is -2.26. The van der Waals surface area contributed by atoms with Gasteiger partial charge >= 0.3 is 0 Å². The van der Waals surface area contributed by atoms with E-state index in [1.807, 2.05) is 6.92 Å². The average Bonchev–Trinajstić information content (AvgIpc) is 2.27. The maximum Gasteiger partial charge on any atom is 0.209 e. The topological polar surface area (TPSA) is 49.4 Å². The van der Waals surface area contributed by atoms with Crippen LogP contribution >= 0.6 is 0 Å². The second kappa shape index (κ2) is 3.79. The zero-order valence-corrected chi connectivity index (χ0v) is 10.2. The smallest absolute Gasteiger partial charge is 0.209 e. The molecule has 0 aromatic heterocycles. The van der Waals surface area contributed by atoms with Crippen molar-refractivity contribution in [3.05, 3.63) is 0 Å². The van der Waals surface area contributed by atoms with Crippen molar-refractivity contribution >= 4 is 10.0 Å². The van der Waals surface area contributed by atoms with E-state index < -0.39 is 10.0 Å². The summed E-state index contributed by atoms with van der Waals surface area (Å²) in [5, 5.41) is 0. The number of hydrogen-bond donors (Lipinski definition) is 1. The number of rotatable bonds is 3. The SMILES string of the molecule is CC(C)N1CCC(C)(NS(C)(=O)=O)C1. The van der Waals surface area contributed by atoms with Crippen LogP contribution in [0.3, 0.4) is 0 Å². The molecule has 0 aromatic carbocycles. The predicted octanol–water partition coefficient (Wildman–Crippen LogP) is 0.408. The summed E-state index contributed by atoms with van der Waals surface area (Å²) in [5.41, 5.74) is -0.280. The first-order chi connectivity index (χ1) is 6.22. The Balaban J connectivity index is 2.63. The van der Waals surface area contributed by atoms with Crippen LogP contribution in [0, 0.1) is 0 Å². The van der Waals surface area contributed by atoms with Gasteiger partial charge in [0.2, 0.25) is 10.0 Å². The van der Waals surface area contributed by atoms with Gasteiger partial charge in [-0.25, -0.2) is 13.1 Å². The van der Waals surface area contributed by atoms with Crippen LogP contribution in [0.1, 0.15) is 27.2 Å². The summed E-state index contributed by atoms with van der Waals surface area (Å²) >= 11 is 0. The van der Waals surface area contributed by atoms with Gasteiger partial charge in [-0.2, -0.15) is 0 Å². The molecule has 0 amide bonds. The molecule has 0 radical (unpaired) electrons. The molecule has 1 aliphatic heterocycles. The molecule has 0 aliphatic carbocycles. The zero-order valence-electron chi connectivity index (χ0n) is 9.37. The lowest BCUT2D eigenvalue weighted by atomic mass is 10.0. The van der Waals surface area contributed by atoms with Gasteiger partial charge < -0.3 is 0 Å². The Morgan fingerprint density at radius 1 is 1.43 bits per heavy atom. The molecule has 4 nitrogen and oxygen atoms in total. The number of hydrogen-bond acceptors (Lipinski definition) is 3. The van der Waals surface area contributed by atoms with Crippen LogP contribution in [0.5, 0.6) is 0 Å². The summed E-state index contributed by atoms with van der Waals surface area (Å²) in [5.74, 6) is 0.